The fourth-order valence-corrected chi connectivity index (χ4v) is 3.28. The summed E-state index contributed by atoms with van der Waals surface area (Å²) in [7, 11) is 1.61. The van der Waals surface area contributed by atoms with E-state index in [1.54, 1.807) is 24.1 Å². The number of amides is 1. The molecule has 0 saturated carbocycles. The van der Waals surface area contributed by atoms with Crippen LogP contribution in [0.2, 0.25) is 0 Å². The van der Waals surface area contributed by atoms with Crippen LogP contribution in [0.15, 0.2) is 53.3 Å². The number of nitrogens with zero attached hydrogens (tertiary/aromatic N) is 2. The highest BCUT2D eigenvalue weighted by atomic mass is 16.3. The molecule has 0 aliphatic carbocycles. The van der Waals surface area contributed by atoms with Gasteiger partial charge in [-0.2, -0.15) is 0 Å². The molecule has 0 radical (unpaired) electrons. The van der Waals surface area contributed by atoms with E-state index in [2.05, 4.69) is 0 Å². The first-order valence-electron chi connectivity index (χ1n) is 8.26. The summed E-state index contributed by atoms with van der Waals surface area (Å²) >= 11 is 0. The lowest BCUT2D eigenvalue weighted by molar-refractivity contribution is 0.0455. The Hall–Kier alpha value is -2.40. The van der Waals surface area contributed by atoms with E-state index < -0.39 is 6.10 Å². The number of carbonyl (C=O) groups is 1. The number of pyridine rings is 1. The molecule has 2 aromatic rings. The standard InChI is InChI=1S/C19H22N2O3/c1-20-16(8-5-9-17(20)22)19(24)21-12-10-15(11-13-21)18(23)14-6-3-2-4-7-14/h2-9,15,18,23H,10-13H2,1H3. The first-order valence-corrected chi connectivity index (χ1v) is 8.26. The molecule has 1 saturated heterocycles. The van der Waals surface area contributed by atoms with E-state index >= 15 is 0 Å². The van der Waals surface area contributed by atoms with Crippen molar-refractivity contribution in [1.82, 2.24) is 9.47 Å². The molecule has 1 atom stereocenters. The maximum Gasteiger partial charge on any atom is 0.270 e. The molecule has 2 heterocycles. The fraction of sp³-hybridized carbons (Fsp3) is 0.368. The molecule has 1 aromatic carbocycles. The Morgan fingerprint density at radius 2 is 1.75 bits per heavy atom. The van der Waals surface area contributed by atoms with Gasteiger partial charge in [-0.25, -0.2) is 0 Å². The van der Waals surface area contributed by atoms with Crippen molar-refractivity contribution in [3.05, 3.63) is 70.1 Å². The Morgan fingerprint density at radius 1 is 1.08 bits per heavy atom. The van der Waals surface area contributed by atoms with Crippen LogP contribution in [0.25, 0.3) is 0 Å². The molecule has 0 bridgehead atoms. The molecule has 1 aliphatic rings. The normalized spacial score (nSPS) is 16.8. The van der Waals surface area contributed by atoms with Crippen LogP contribution in [0.3, 0.4) is 0 Å². The summed E-state index contributed by atoms with van der Waals surface area (Å²) in [6.45, 7) is 1.19. The highest BCUT2D eigenvalue weighted by Crippen LogP contribution is 2.30. The van der Waals surface area contributed by atoms with E-state index in [9.17, 15) is 14.7 Å². The maximum absolute atomic E-state index is 12.6. The van der Waals surface area contributed by atoms with Gasteiger partial charge in [0.2, 0.25) is 0 Å². The summed E-state index contributed by atoms with van der Waals surface area (Å²) in [5.74, 6) is 0.0268. The van der Waals surface area contributed by atoms with Gasteiger partial charge in [-0.1, -0.05) is 36.4 Å². The summed E-state index contributed by atoms with van der Waals surface area (Å²) < 4.78 is 1.38. The number of carbonyl (C=O) groups excluding carboxylic acids is 1. The molecule has 0 spiro atoms. The van der Waals surface area contributed by atoms with Gasteiger partial charge >= 0.3 is 0 Å². The molecule has 1 unspecified atom stereocenters. The van der Waals surface area contributed by atoms with Crippen molar-refractivity contribution in [1.29, 1.82) is 0 Å². The Bertz CT molecular complexity index is 762. The number of aliphatic hydroxyl groups excluding tert-OH is 1. The van der Waals surface area contributed by atoms with Crippen LogP contribution in [0.5, 0.6) is 0 Å². The molecule has 1 N–H and O–H groups in total. The molecule has 5 heteroatoms. The summed E-state index contributed by atoms with van der Waals surface area (Å²) in [5.41, 5.74) is 1.15. The minimum absolute atomic E-state index is 0.122. The maximum atomic E-state index is 12.6. The molecular weight excluding hydrogens is 304 g/mol. The monoisotopic (exact) mass is 326 g/mol. The number of rotatable bonds is 3. The first kappa shape index (κ1) is 16.5. The van der Waals surface area contributed by atoms with E-state index in [0.29, 0.717) is 18.8 Å². The summed E-state index contributed by atoms with van der Waals surface area (Å²) in [4.78, 5) is 26.1. The minimum Gasteiger partial charge on any atom is -0.388 e. The predicted molar refractivity (Wildman–Crippen MR) is 91.7 cm³/mol. The van der Waals surface area contributed by atoms with Gasteiger partial charge in [0, 0.05) is 26.2 Å². The zero-order valence-corrected chi connectivity index (χ0v) is 13.8. The number of piperidine rings is 1. The molecule has 1 fully saturated rings. The van der Waals surface area contributed by atoms with Crippen LogP contribution >= 0.6 is 0 Å². The van der Waals surface area contributed by atoms with Crippen LogP contribution in [-0.2, 0) is 7.05 Å². The molecule has 3 rings (SSSR count). The van der Waals surface area contributed by atoms with Gasteiger partial charge < -0.3 is 14.6 Å². The van der Waals surface area contributed by atoms with Crippen LogP contribution in [0.4, 0.5) is 0 Å². The van der Waals surface area contributed by atoms with Crippen molar-refractivity contribution in [3.8, 4) is 0 Å². The number of aromatic nitrogens is 1. The number of hydrogen-bond acceptors (Lipinski definition) is 3. The SMILES string of the molecule is Cn1c(C(=O)N2CCC(C(O)c3ccccc3)CC2)cccc1=O. The van der Waals surface area contributed by atoms with Gasteiger partial charge in [0.1, 0.15) is 5.69 Å². The number of benzene rings is 1. The largest absolute Gasteiger partial charge is 0.388 e. The van der Waals surface area contributed by atoms with E-state index in [1.807, 2.05) is 30.3 Å². The third-order valence-electron chi connectivity index (χ3n) is 4.82. The molecular formula is C19H22N2O3. The Balaban J connectivity index is 1.66. The fourth-order valence-electron chi connectivity index (χ4n) is 3.28. The third-order valence-corrected chi connectivity index (χ3v) is 4.82. The van der Waals surface area contributed by atoms with Crippen LogP contribution < -0.4 is 5.56 Å². The number of hydrogen-bond donors (Lipinski definition) is 1. The molecule has 1 aliphatic heterocycles. The highest BCUT2D eigenvalue weighted by Gasteiger charge is 2.29. The Kier molecular flexibility index (Phi) is 4.81. The molecule has 5 nitrogen and oxygen atoms in total. The quantitative estimate of drug-likeness (QED) is 0.938. The summed E-state index contributed by atoms with van der Waals surface area (Å²) in [6, 6.07) is 14.4. The lowest BCUT2D eigenvalue weighted by Crippen LogP contribution is -2.41. The summed E-state index contributed by atoms with van der Waals surface area (Å²) in [5, 5.41) is 10.5. The third kappa shape index (κ3) is 3.26. The average molecular weight is 326 g/mol. The first-order chi connectivity index (χ1) is 11.6. The van der Waals surface area contributed by atoms with Gasteiger partial charge in [0.25, 0.3) is 11.5 Å². The lowest BCUT2D eigenvalue weighted by atomic mass is 9.87. The second-order valence-corrected chi connectivity index (χ2v) is 6.29. The second kappa shape index (κ2) is 7.01. The summed E-state index contributed by atoms with van der Waals surface area (Å²) in [6.07, 6.45) is 1.01. The smallest absolute Gasteiger partial charge is 0.270 e. The Labute approximate surface area is 141 Å². The zero-order chi connectivity index (χ0) is 17.1. The zero-order valence-electron chi connectivity index (χ0n) is 13.8. The highest BCUT2D eigenvalue weighted by molar-refractivity contribution is 5.92. The topological polar surface area (TPSA) is 62.5 Å². The van der Waals surface area contributed by atoms with Gasteiger partial charge in [-0.3, -0.25) is 9.59 Å². The Morgan fingerprint density at radius 3 is 2.42 bits per heavy atom. The molecule has 1 amide bonds. The van der Waals surface area contributed by atoms with Crippen LogP contribution in [-0.4, -0.2) is 33.6 Å². The van der Waals surface area contributed by atoms with Crippen molar-refractivity contribution in [3.63, 3.8) is 0 Å². The number of likely N-dealkylation sites (tertiary alicyclic amines) is 1. The van der Waals surface area contributed by atoms with Crippen molar-refractivity contribution >= 4 is 5.91 Å². The van der Waals surface area contributed by atoms with E-state index in [0.717, 1.165) is 18.4 Å². The van der Waals surface area contributed by atoms with Crippen molar-refractivity contribution < 1.29 is 9.90 Å². The number of aliphatic hydroxyl groups is 1. The molecule has 1 aromatic heterocycles. The van der Waals surface area contributed by atoms with E-state index in [-0.39, 0.29) is 17.4 Å². The van der Waals surface area contributed by atoms with Crippen LogP contribution in [0, 0.1) is 5.92 Å². The van der Waals surface area contributed by atoms with E-state index in [4.69, 9.17) is 0 Å². The van der Waals surface area contributed by atoms with Crippen molar-refractivity contribution in [2.45, 2.75) is 18.9 Å². The minimum atomic E-state index is -0.496. The van der Waals surface area contributed by atoms with E-state index in [1.165, 1.54) is 10.6 Å². The lowest BCUT2D eigenvalue weighted by Gasteiger charge is -2.34. The van der Waals surface area contributed by atoms with Gasteiger partial charge in [-0.15, -0.1) is 0 Å². The van der Waals surface area contributed by atoms with Gasteiger partial charge in [-0.05, 0) is 30.4 Å². The van der Waals surface area contributed by atoms with Gasteiger partial charge in [0.15, 0.2) is 0 Å². The second-order valence-electron chi connectivity index (χ2n) is 6.29. The van der Waals surface area contributed by atoms with Crippen molar-refractivity contribution in [2.75, 3.05) is 13.1 Å². The average Bonchev–Trinajstić information content (AvgIpc) is 2.64. The van der Waals surface area contributed by atoms with Crippen LogP contribution in [0.1, 0.15) is 35.0 Å². The van der Waals surface area contributed by atoms with Crippen molar-refractivity contribution in [2.24, 2.45) is 13.0 Å². The molecule has 126 valence electrons. The van der Waals surface area contributed by atoms with Gasteiger partial charge in [0.05, 0.1) is 6.10 Å². The predicted octanol–water partition coefficient (Wildman–Crippen LogP) is 1.97. The molecule has 24 heavy (non-hydrogen) atoms.